The number of hydrogen-bond acceptors (Lipinski definition) is 6. The van der Waals surface area contributed by atoms with Crippen LogP contribution in [0, 0.1) is 33.4 Å². The fraction of sp³-hybridized carbons (Fsp3) is 0.333. The number of nitrogens with zero attached hydrogens (tertiary/aromatic N) is 1. The van der Waals surface area contributed by atoms with Gasteiger partial charge in [-0.2, -0.15) is 4.39 Å². The maximum atomic E-state index is 14.0. The second-order valence-electron chi connectivity index (χ2n) is 5.37. The predicted octanol–water partition coefficient (Wildman–Crippen LogP) is 2.48. The molecule has 0 aliphatic heterocycles. The molecule has 0 heterocycles. The molecule has 0 bridgehead atoms. The number of benzene rings is 1. The van der Waals surface area contributed by atoms with Crippen LogP contribution >= 0.6 is 0 Å². The number of rotatable bonds is 7. The van der Waals surface area contributed by atoms with Crippen LogP contribution in [0.5, 0.6) is 0 Å². The minimum Gasteiger partial charge on any atom is -0.462 e. The monoisotopic (exact) mass is 394 g/mol. The van der Waals surface area contributed by atoms with Crippen molar-refractivity contribution in [2.45, 2.75) is 25.6 Å². The summed E-state index contributed by atoms with van der Waals surface area (Å²) in [5.74, 6) is -13.0. The van der Waals surface area contributed by atoms with Crippen molar-refractivity contribution in [1.82, 2.24) is 5.32 Å². The molecule has 2 rings (SSSR count). The van der Waals surface area contributed by atoms with Crippen molar-refractivity contribution in [3.05, 3.63) is 50.7 Å². The Labute approximate surface area is 147 Å². The van der Waals surface area contributed by atoms with Crippen LogP contribution in [0.15, 0.2) is 11.8 Å². The van der Waals surface area contributed by atoms with Crippen LogP contribution in [0.2, 0.25) is 0 Å². The van der Waals surface area contributed by atoms with Crippen LogP contribution in [0.4, 0.5) is 27.6 Å². The molecule has 2 unspecified atom stereocenters. The van der Waals surface area contributed by atoms with Gasteiger partial charge in [0.15, 0.2) is 11.6 Å². The first-order chi connectivity index (χ1) is 12.6. The molecule has 1 aromatic carbocycles. The predicted molar refractivity (Wildman–Crippen MR) is 78.4 cm³/mol. The zero-order valence-corrected chi connectivity index (χ0v) is 13.5. The number of ether oxygens (including phenoxy) is 1. The van der Waals surface area contributed by atoms with Gasteiger partial charge in [-0.05, 0) is 6.92 Å². The molecule has 146 valence electrons. The van der Waals surface area contributed by atoms with Gasteiger partial charge in [-0.25, -0.2) is 22.4 Å². The second kappa shape index (κ2) is 7.68. The zero-order valence-electron chi connectivity index (χ0n) is 13.5. The van der Waals surface area contributed by atoms with Crippen LogP contribution in [-0.2, 0) is 9.53 Å². The van der Waals surface area contributed by atoms with Crippen molar-refractivity contribution in [1.29, 1.82) is 0 Å². The number of nitro groups is 1. The van der Waals surface area contributed by atoms with Crippen LogP contribution in [0.25, 0.3) is 0 Å². The van der Waals surface area contributed by atoms with Crippen molar-refractivity contribution >= 4 is 17.4 Å². The molecule has 1 saturated carbocycles. The number of ketones is 1. The fourth-order valence-electron chi connectivity index (χ4n) is 2.09. The highest BCUT2D eigenvalue weighted by Crippen LogP contribution is 2.32. The lowest BCUT2D eigenvalue weighted by atomic mass is 10.0. The lowest BCUT2D eigenvalue weighted by molar-refractivity contribution is -0.388. The molecule has 1 aliphatic rings. The molecule has 2 atom stereocenters. The molecule has 0 saturated heterocycles. The number of carbonyl (C=O) groups excluding carboxylic acids is 2. The van der Waals surface area contributed by atoms with Crippen molar-refractivity contribution in [2.75, 3.05) is 6.61 Å². The Morgan fingerprint density at radius 2 is 1.78 bits per heavy atom. The van der Waals surface area contributed by atoms with Gasteiger partial charge in [0.25, 0.3) is 0 Å². The summed E-state index contributed by atoms with van der Waals surface area (Å²) in [4.78, 5) is 33.7. The van der Waals surface area contributed by atoms with Gasteiger partial charge in [0, 0.05) is 12.6 Å². The third-order valence-electron chi connectivity index (χ3n) is 3.55. The Morgan fingerprint density at radius 3 is 2.26 bits per heavy atom. The maximum absolute atomic E-state index is 14.0. The Bertz CT molecular complexity index is 858. The van der Waals surface area contributed by atoms with Gasteiger partial charge < -0.3 is 10.1 Å². The van der Waals surface area contributed by atoms with E-state index in [2.05, 4.69) is 10.1 Å². The number of nitro benzene ring substituents is 1. The van der Waals surface area contributed by atoms with E-state index >= 15 is 0 Å². The van der Waals surface area contributed by atoms with Crippen LogP contribution in [0.1, 0.15) is 23.7 Å². The molecule has 0 radical (unpaired) electrons. The summed E-state index contributed by atoms with van der Waals surface area (Å²) >= 11 is 0. The van der Waals surface area contributed by atoms with E-state index in [-0.39, 0.29) is 13.0 Å². The summed E-state index contributed by atoms with van der Waals surface area (Å²) in [5, 5.41) is 13.2. The number of halogens is 5. The third-order valence-corrected chi connectivity index (χ3v) is 3.55. The summed E-state index contributed by atoms with van der Waals surface area (Å²) in [5.41, 5.74) is -4.87. The van der Waals surface area contributed by atoms with E-state index in [9.17, 15) is 41.7 Å². The van der Waals surface area contributed by atoms with Crippen molar-refractivity contribution in [3.63, 3.8) is 0 Å². The summed E-state index contributed by atoms with van der Waals surface area (Å²) in [6.07, 6.45) is -0.645. The number of hydrogen-bond donors (Lipinski definition) is 1. The van der Waals surface area contributed by atoms with Gasteiger partial charge >= 0.3 is 11.7 Å². The topological polar surface area (TPSA) is 98.5 Å². The Hall–Kier alpha value is -3.05. The number of carbonyl (C=O) groups is 2. The molecule has 1 fully saturated rings. The number of nitrogens with one attached hydrogen (secondary N) is 1. The summed E-state index contributed by atoms with van der Waals surface area (Å²) in [7, 11) is 0. The molecule has 27 heavy (non-hydrogen) atoms. The normalized spacial score (nSPS) is 18.8. The van der Waals surface area contributed by atoms with Gasteiger partial charge in [-0.1, -0.05) is 0 Å². The third kappa shape index (κ3) is 3.88. The van der Waals surface area contributed by atoms with E-state index in [1.54, 1.807) is 0 Å². The van der Waals surface area contributed by atoms with E-state index in [4.69, 9.17) is 0 Å². The highest BCUT2D eigenvalue weighted by molar-refractivity contribution is 6.25. The first-order valence-corrected chi connectivity index (χ1v) is 7.44. The summed E-state index contributed by atoms with van der Waals surface area (Å²) < 4.78 is 71.9. The lowest BCUT2D eigenvalue weighted by Gasteiger charge is -2.10. The summed E-state index contributed by atoms with van der Waals surface area (Å²) in [6.45, 7) is 1.07. The van der Waals surface area contributed by atoms with Crippen molar-refractivity contribution in [3.8, 4) is 0 Å². The molecule has 1 aliphatic carbocycles. The quantitative estimate of drug-likeness (QED) is 0.0729. The largest absolute Gasteiger partial charge is 0.462 e. The van der Waals surface area contributed by atoms with E-state index < -0.39 is 69.0 Å². The second-order valence-corrected chi connectivity index (χ2v) is 5.37. The van der Waals surface area contributed by atoms with E-state index in [0.29, 0.717) is 6.20 Å². The first kappa shape index (κ1) is 20.3. The van der Waals surface area contributed by atoms with Crippen molar-refractivity contribution in [2.24, 2.45) is 0 Å². The molecule has 1 aromatic rings. The Kier molecular flexibility index (Phi) is 5.76. The van der Waals surface area contributed by atoms with Gasteiger partial charge in [0.05, 0.1) is 17.6 Å². The summed E-state index contributed by atoms with van der Waals surface area (Å²) in [6, 6.07) is -0.774. The van der Waals surface area contributed by atoms with Crippen LogP contribution in [-0.4, -0.2) is 35.5 Å². The van der Waals surface area contributed by atoms with Gasteiger partial charge in [-0.3, -0.25) is 14.9 Å². The standard InChI is InChI=1S/C15H11F5N2O5/c1-2-27-15(24)5(4-21-7-3-6(7)16)14(23)8-9(17)10(18)11(19)12(20)13(8)22(25)26/h4,6-7,21H,2-3H2,1H3. The smallest absolute Gasteiger partial charge is 0.343 e. The van der Waals surface area contributed by atoms with Crippen molar-refractivity contribution < 1.29 is 41.2 Å². The average molecular weight is 394 g/mol. The molecular weight excluding hydrogens is 383 g/mol. The van der Waals surface area contributed by atoms with Crippen LogP contribution in [0.3, 0.4) is 0 Å². The van der Waals surface area contributed by atoms with Gasteiger partial charge in [0.1, 0.15) is 17.3 Å². The average Bonchev–Trinajstić information content (AvgIpc) is 3.31. The van der Waals surface area contributed by atoms with Gasteiger partial charge in [-0.15, -0.1) is 0 Å². The molecule has 0 amide bonds. The first-order valence-electron chi connectivity index (χ1n) is 7.44. The zero-order chi connectivity index (χ0) is 20.5. The number of alkyl halides is 1. The molecular formula is C15H11F5N2O5. The SMILES string of the molecule is CCOC(=O)C(=CNC1CC1F)C(=O)c1c(F)c(F)c(F)c(F)c1[N+](=O)[O-]. The number of esters is 1. The minimum absolute atomic E-state index is 0.0368. The molecule has 12 heteroatoms. The lowest BCUT2D eigenvalue weighted by Crippen LogP contribution is -2.23. The number of Topliss-reactive ketones (excluding diaryl/α,β-unsaturated/α-hetero) is 1. The minimum atomic E-state index is -2.49. The van der Waals surface area contributed by atoms with Crippen LogP contribution < -0.4 is 5.32 Å². The Balaban J connectivity index is 2.60. The van der Waals surface area contributed by atoms with Gasteiger partial charge in [0.2, 0.25) is 17.4 Å². The molecule has 0 spiro atoms. The molecule has 0 aromatic heterocycles. The maximum Gasteiger partial charge on any atom is 0.343 e. The van der Waals surface area contributed by atoms with E-state index in [1.165, 1.54) is 6.92 Å². The molecule has 1 N–H and O–H groups in total. The highest BCUT2D eigenvalue weighted by Gasteiger charge is 2.40. The Morgan fingerprint density at radius 1 is 1.22 bits per heavy atom. The fourth-order valence-corrected chi connectivity index (χ4v) is 2.09. The molecule has 7 nitrogen and oxygen atoms in total. The van der Waals surface area contributed by atoms with E-state index in [0.717, 1.165) is 0 Å². The highest BCUT2D eigenvalue weighted by atomic mass is 19.2. The van der Waals surface area contributed by atoms with E-state index in [1.807, 2.05) is 0 Å².